The van der Waals surface area contributed by atoms with Crippen molar-refractivity contribution in [1.82, 2.24) is 5.32 Å². The van der Waals surface area contributed by atoms with E-state index in [0.29, 0.717) is 11.5 Å². The summed E-state index contributed by atoms with van der Waals surface area (Å²) < 4.78 is 16.6. The van der Waals surface area contributed by atoms with Crippen LogP contribution >= 0.6 is 0 Å². The highest BCUT2D eigenvalue weighted by molar-refractivity contribution is 4.98. The number of hydrogen-bond donors (Lipinski definition) is 1. The van der Waals surface area contributed by atoms with Crippen LogP contribution in [0, 0.1) is 5.41 Å². The maximum Gasteiger partial charge on any atom is 0.0986 e. The van der Waals surface area contributed by atoms with Gasteiger partial charge >= 0.3 is 0 Å². The van der Waals surface area contributed by atoms with Gasteiger partial charge in [0.25, 0.3) is 0 Å². The van der Waals surface area contributed by atoms with Gasteiger partial charge in [0.05, 0.1) is 12.2 Å². The van der Waals surface area contributed by atoms with E-state index in [0.717, 1.165) is 45.6 Å². The van der Waals surface area contributed by atoms with Gasteiger partial charge in [0.2, 0.25) is 0 Å². The first-order chi connectivity index (χ1) is 8.68. The number of rotatable bonds is 6. The Morgan fingerprint density at radius 2 is 2.06 bits per heavy atom. The number of nitrogens with one attached hydrogen (secondary N) is 1. The molecule has 106 valence electrons. The van der Waals surface area contributed by atoms with E-state index in [4.69, 9.17) is 14.2 Å². The van der Waals surface area contributed by atoms with Gasteiger partial charge in [-0.05, 0) is 31.6 Å². The number of hydrogen-bond acceptors (Lipinski definition) is 4. The Hall–Kier alpha value is -0.160. The lowest BCUT2D eigenvalue weighted by Gasteiger charge is -2.45. The third-order valence-corrected chi connectivity index (χ3v) is 4.39. The van der Waals surface area contributed by atoms with Crippen LogP contribution in [0.5, 0.6) is 0 Å². The van der Waals surface area contributed by atoms with Gasteiger partial charge in [-0.2, -0.15) is 0 Å². The number of methoxy groups -OCH3 is 1. The summed E-state index contributed by atoms with van der Waals surface area (Å²) in [5.74, 6) is 0. The summed E-state index contributed by atoms with van der Waals surface area (Å²) in [7, 11) is 1.78. The van der Waals surface area contributed by atoms with Gasteiger partial charge in [-0.25, -0.2) is 0 Å². The summed E-state index contributed by atoms with van der Waals surface area (Å²) in [6.07, 6.45) is 3.87. The smallest absolute Gasteiger partial charge is 0.0986 e. The topological polar surface area (TPSA) is 39.7 Å². The van der Waals surface area contributed by atoms with Crippen molar-refractivity contribution in [1.29, 1.82) is 0 Å². The second-order valence-corrected chi connectivity index (χ2v) is 5.84. The fraction of sp³-hybridized carbons (Fsp3) is 1.00. The quantitative estimate of drug-likeness (QED) is 0.784. The molecule has 18 heavy (non-hydrogen) atoms. The van der Waals surface area contributed by atoms with Crippen LogP contribution in [-0.2, 0) is 14.2 Å². The zero-order valence-corrected chi connectivity index (χ0v) is 11.9. The zero-order chi connectivity index (χ0) is 13.0. The summed E-state index contributed by atoms with van der Waals surface area (Å²) in [6.45, 7) is 8.02. The third kappa shape index (κ3) is 3.23. The molecule has 3 atom stereocenters. The molecule has 2 aliphatic rings. The van der Waals surface area contributed by atoms with Gasteiger partial charge in [-0.3, -0.25) is 0 Å². The Morgan fingerprint density at radius 3 is 2.67 bits per heavy atom. The van der Waals surface area contributed by atoms with Gasteiger partial charge in [-0.1, -0.05) is 6.92 Å². The molecule has 4 nitrogen and oxygen atoms in total. The van der Waals surface area contributed by atoms with E-state index in [9.17, 15) is 0 Å². The Bertz CT molecular complexity index is 253. The summed E-state index contributed by atoms with van der Waals surface area (Å²) in [5, 5.41) is 3.66. The standard InChI is InChI=1S/C14H27NO3/c1-4-18-12-9-11(13(12)16-3)15-10-14(2)5-7-17-8-6-14/h11-13,15H,4-10H2,1-3H3. The fourth-order valence-electron chi connectivity index (χ4n) is 2.89. The molecule has 1 aliphatic heterocycles. The van der Waals surface area contributed by atoms with Crippen LogP contribution in [0.4, 0.5) is 0 Å². The molecule has 2 fully saturated rings. The van der Waals surface area contributed by atoms with E-state index in [1.54, 1.807) is 7.11 Å². The largest absolute Gasteiger partial charge is 0.381 e. The van der Waals surface area contributed by atoms with Crippen molar-refractivity contribution < 1.29 is 14.2 Å². The molecule has 3 unspecified atom stereocenters. The zero-order valence-electron chi connectivity index (χ0n) is 11.9. The number of ether oxygens (including phenoxy) is 3. The van der Waals surface area contributed by atoms with Crippen LogP contribution in [0.2, 0.25) is 0 Å². The molecule has 0 radical (unpaired) electrons. The fourth-order valence-corrected chi connectivity index (χ4v) is 2.89. The second-order valence-electron chi connectivity index (χ2n) is 5.84. The van der Waals surface area contributed by atoms with Gasteiger partial charge in [0.1, 0.15) is 0 Å². The maximum absolute atomic E-state index is 5.64. The van der Waals surface area contributed by atoms with Crippen LogP contribution in [0.25, 0.3) is 0 Å². The first-order valence-electron chi connectivity index (χ1n) is 7.14. The van der Waals surface area contributed by atoms with Crippen LogP contribution < -0.4 is 5.32 Å². The maximum atomic E-state index is 5.64. The molecule has 0 spiro atoms. The van der Waals surface area contributed by atoms with Crippen LogP contribution in [0.15, 0.2) is 0 Å². The van der Waals surface area contributed by atoms with Crippen molar-refractivity contribution in [3.05, 3.63) is 0 Å². The Kier molecular flexibility index (Phi) is 5.01. The predicted molar refractivity (Wildman–Crippen MR) is 70.8 cm³/mol. The molecule has 1 aliphatic carbocycles. The van der Waals surface area contributed by atoms with Crippen molar-refractivity contribution in [2.75, 3.05) is 33.5 Å². The van der Waals surface area contributed by atoms with E-state index >= 15 is 0 Å². The first-order valence-corrected chi connectivity index (χ1v) is 7.14. The van der Waals surface area contributed by atoms with Gasteiger partial charge < -0.3 is 19.5 Å². The molecule has 0 aromatic rings. The normalized spacial score (nSPS) is 35.2. The van der Waals surface area contributed by atoms with Crippen molar-refractivity contribution in [3.8, 4) is 0 Å². The summed E-state index contributed by atoms with van der Waals surface area (Å²) in [6, 6.07) is 0.450. The highest BCUT2D eigenvalue weighted by Crippen LogP contribution is 2.31. The van der Waals surface area contributed by atoms with Gasteiger partial charge in [-0.15, -0.1) is 0 Å². The van der Waals surface area contributed by atoms with Gasteiger partial charge in [0, 0.05) is 39.5 Å². The SMILES string of the molecule is CCOC1CC(NCC2(C)CCOCC2)C1OC. The lowest BCUT2D eigenvalue weighted by Crippen LogP contribution is -2.61. The van der Waals surface area contributed by atoms with E-state index in [1.807, 2.05) is 6.92 Å². The van der Waals surface area contributed by atoms with Crippen LogP contribution in [0.1, 0.15) is 33.1 Å². The van der Waals surface area contributed by atoms with Crippen molar-refractivity contribution in [3.63, 3.8) is 0 Å². The summed E-state index contributed by atoms with van der Waals surface area (Å²) >= 11 is 0. The van der Waals surface area contributed by atoms with Crippen LogP contribution in [-0.4, -0.2) is 51.7 Å². The lowest BCUT2D eigenvalue weighted by molar-refractivity contribution is -0.133. The highest BCUT2D eigenvalue weighted by atomic mass is 16.5. The molecule has 0 aromatic carbocycles. The Morgan fingerprint density at radius 1 is 1.33 bits per heavy atom. The Labute approximate surface area is 110 Å². The highest BCUT2D eigenvalue weighted by Gasteiger charge is 2.42. The molecule has 1 saturated heterocycles. The summed E-state index contributed by atoms with van der Waals surface area (Å²) in [5.41, 5.74) is 0.382. The monoisotopic (exact) mass is 257 g/mol. The van der Waals surface area contributed by atoms with E-state index in [-0.39, 0.29) is 12.2 Å². The first kappa shape index (κ1) is 14.3. The molecule has 1 heterocycles. The molecule has 1 saturated carbocycles. The van der Waals surface area contributed by atoms with Crippen molar-refractivity contribution >= 4 is 0 Å². The molecule has 0 aromatic heterocycles. The van der Waals surface area contributed by atoms with Crippen molar-refractivity contribution in [2.45, 2.75) is 51.4 Å². The molecular formula is C14H27NO3. The molecule has 4 heteroatoms. The summed E-state index contributed by atoms with van der Waals surface area (Å²) in [4.78, 5) is 0. The third-order valence-electron chi connectivity index (χ3n) is 4.39. The second kappa shape index (κ2) is 6.33. The Balaban J connectivity index is 1.73. The molecule has 1 N–H and O–H groups in total. The average Bonchev–Trinajstić information content (AvgIpc) is 2.34. The van der Waals surface area contributed by atoms with Gasteiger partial charge in [0.15, 0.2) is 0 Å². The minimum Gasteiger partial charge on any atom is -0.381 e. The lowest BCUT2D eigenvalue weighted by atomic mass is 9.80. The molecule has 0 amide bonds. The minimum atomic E-state index is 0.216. The average molecular weight is 257 g/mol. The molecule has 2 rings (SSSR count). The van der Waals surface area contributed by atoms with E-state index in [1.165, 1.54) is 0 Å². The molecular weight excluding hydrogens is 230 g/mol. The van der Waals surface area contributed by atoms with E-state index in [2.05, 4.69) is 12.2 Å². The van der Waals surface area contributed by atoms with Crippen molar-refractivity contribution in [2.24, 2.45) is 5.41 Å². The molecule has 0 bridgehead atoms. The van der Waals surface area contributed by atoms with Crippen LogP contribution in [0.3, 0.4) is 0 Å². The van der Waals surface area contributed by atoms with E-state index < -0.39 is 0 Å². The minimum absolute atomic E-state index is 0.216. The predicted octanol–water partition coefficient (Wildman–Crippen LogP) is 1.59.